The quantitative estimate of drug-likeness (QED) is 0.544. The smallest absolute Gasteiger partial charge is 0.224 e. The summed E-state index contributed by atoms with van der Waals surface area (Å²) in [6.07, 6.45) is 4.27. The molecule has 148 valence electrons. The second kappa shape index (κ2) is 10.1. The topological polar surface area (TPSA) is 81.2 Å². The lowest BCUT2D eigenvalue weighted by atomic mass is 10.1. The van der Waals surface area contributed by atoms with Crippen molar-refractivity contribution in [2.24, 2.45) is 0 Å². The number of nitrogens with zero attached hydrogens (tertiary/aromatic N) is 2. The zero-order chi connectivity index (χ0) is 20.5. The van der Waals surface area contributed by atoms with Crippen molar-refractivity contribution in [3.05, 3.63) is 72.6 Å². The van der Waals surface area contributed by atoms with E-state index in [2.05, 4.69) is 15.3 Å². The van der Waals surface area contributed by atoms with Crippen LogP contribution in [-0.4, -0.2) is 28.3 Å². The standard InChI is InChI=1S/C23H23N3O3/c1-2-14-29-20-10-8-17(9-11-20)21(27)12-13-22(28)26-19-15-24-23(25-16-19)18-6-4-3-5-7-18/h3-11,15-16H,2,12-14H2,1H3,(H,26,28). The van der Waals surface area contributed by atoms with E-state index in [4.69, 9.17) is 4.74 Å². The summed E-state index contributed by atoms with van der Waals surface area (Å²) in [6, 6.07) is 16.6. The Hall–Kier alpha value is -3.54. The first-order valence-electron chi connectivity index (χ1n) is 9.59. The van der Waals surface area contributed by atoms with E-state index in [1.807, 2.05) is 37.3 Å². The van der Waals surface area contributed by atoms with Crippen molar-refractivity contribution < 1.29 is 14.3 Å². The van der Waals surface area contributed by atoms with Gasteiger partial charge in [0.25, 0.3) is 0 Å². The molecular weight excluding hydrogens is 366 g/mol. The molecule has 0 fully saturated rings. The van der Waals surface area contributed by atoms with Crippen molar-refractivity contribution in [3.8, 4) is 17.1 Å². The minimum absolute atomic E-state index is 0.0853. The number of nitrogens with one attached hydrogen (secondary N) is 1. The van der Waals surface area contributed by atoms with E-state index in [1.54, 1.807) is 36.7 Å². The van der Waals surface area contributed by atoms with Crippen LogP contribution in [0.15, 0.2) is 67.0 Å². The number of amides is 1. The van der Waals surface area contributed by atoms with Gasteiger partial charge in [-0.2, -0.15) is 0 Å². The van der Waals surface area contributed by atoms with Crippen molar-refractivity contribution in [3.63, 3.8) is 0 Å². The molecule has 0 saturated carbocycles. The number of anilines is 1. The number of benzene rings is 2. The van der Waals surface area contributed by atoms with Gasteiger partial charge in [0.2, 0.25) is 5.91 Å². The number of hydrogen-bond acceptors (Lipinski definition) is 5. The van der Waals surface area contributed by atoms with Gasteiger partial charge in [0.15, 0.2) is 11.6 Å². The summed E-state index contributed by atoms with van der Waals surface area (Å²) in [5, 5.41) is 2.72. The summed E-state index contributed by atoms with van der Waals surface area (Å²) >= 11 is 0. The molecule has 1 N–H and O–H groups in total. The van der Waals surface area contributed by atoms with E-state index >= 15 is 0 Å². The molecule has 0 aliphatic rings. The maximum absolute atomic E-state index is 12.3. The summed E-state index contributed by atoms with van der Waals surface area (Å²) in [5.41, 5.74) is 1.97. The highest BCUT2D eigenvalue weighted by Gasteiger charge is 2.10. The Morgan fingerprint density at radius 2 is 1.62 bits per heavy atom. The molecule has 6 nitrogen and oxygen atoms in total. The lowest BCUT2D eigenvalue weighted by Gasteiger charge is -2.07. The molecule has 0 aliphatic carbocycles. The van der Waals surface area contributed by atoms with Crippen LogP contribution in [0.25, 0.3) is 11.4 Å². The third kappa shape index (κ3) is 5.97. The predicted octanol–water partition coefficient (Wildman–Crippen LogP) is 4.53. The number of Topliss-reactive ketones (excluding diaryl/α,β-unsaturated/α-hetero) is 1. The zero-order valence-electron chi connectivity index (χ0n) is 16.3. The second-order valence-corrected chi connectivity index (χ2v) is 6.51. The lowest BCUT2D eigenvalue weighted by molar-refractivity contribution is -0.116. The van der Waals surface area contributed by atoms with Gasteiger partial charge in [0.1, 0.15) is 5.75 Å². The Bertz CT molecular complexity index is 939. The van der Waals surface area contributed by atoms with Crippen molar-refractivity contribution in [2.45, 2.75) is 26.2 Å². The van der Waals surface area contributed by atoms with Crippen LogP contribution in [0.4, 0.5) is 5.69 Å². The van der Waals surface area contributed by atoms with E-state index in [-0.39, 0.29) is 24.5 Å². The van der Waals surface area contributed by atoms with Gasteiger partial charge in [0, 0.05) is 24.0 Å². The maximum atomic E-state index is 12.3. The van der Waals surface area contributed by atoms with Gasteiger partial charge in [-0.1, -0.05) is 37.3 Å². The van der Waals surface area contributed by atoms with Crippen LogP contribution in [0.3, 0.4) is 0 Å². The van der Waals surface area contributed by atoms with Gasteiger partial charge in [-0.25, -0.2) is 9.97 Å². The molecule has 6 heteroatoms. The summed E-state index contributed by atoms with van der Waals surface area (Å²) < 4.78 is 5.50. The summed E-state index contributed by atoms with van der Waals surface area (Å²) in [5.74, 6) is 0.986. The molecule has 3 rings (SSSR count). The third-order valence-electron chi connectivity index (χ3n) is 4.20. The molecule has 0 aliphatic heterocycles. The fourth-order valence-corrected chi connectivity index (χ4v) is 2.68. The van der Waals surface area contributed by atoms with Crippen LogP contribution < -0.4 is 10.1 Å². The van der Waals surface area contributed by atoms with E-state index < -0.39 is 0 Å². The van der Waals surface area contributed by atoms with Crippen molar-refractivity contribution in [1.82, 2.24) is 9.97 Å². The summed E-state index contributed by atoms with van der Waals surface area (Å²) in [7, 11) is 0. The Kier molecular flexibility index (Phi) is 7.05. The van der Waals surface area contributed by atoms with Crippen LogP contribution in [-0.2, 0) is 4.79 Å². The SMILES string of the molecule is CCCOc1ccc(C(=O)CCC(=O)Nc2cnc(-c3ccccc3)nc2)cc1. The largest absolute Gasteiger partial charge is 0.494 e. The number of aromatic nitrogens is 2. The molecule has 0 saturated heterocycles. The van der Waals surface area contributed by atoms with E-state index in [0.29, 0.717) is 23.7 Å². The molecule has 1 aromatic heterocycles. The minimum Gasteiger partial charge on any atom is -0.494 e. The van der Waals surface area contributed by atoms with Crippen LogP contribution >= 0.6 is 0 Å². The molecule has 0 bridgehead atoms. The number of carbonyl (C=O) groups excluding carboxylic acids is 2. The monoisotopic (exact) mass is 389 g/mol. The molecule has 2 aromatic carbocycles. The molecule has 0 unspecified atom stereocenters. The van der Waals surface area contributed by atoms with Gasteiger partial charge in [-0.05, 0) is 30.7 Å². The van der Waals surface area contributed by atoms with Crippen molar-refractivity contribution >= 4 is 17.4 Å². The van der Waals surface area contributed by atoms with Crippen LogP contribution in [0.5, 0.6) is 5.75 Å². The third-order valence-corrected chi connectivity index (χ3v) is 4.20. The van der Waals surface area contributed by atoms with Gasteiger partial charge < -0.3 is 10.1 Å². The number of hydrogen-bond donors (Lipinski definition) is 1. The average Bonchev–Trinajstić information content (AvgIpc) is 2.77. The zero-order valence-corrected chi connectivity index (χ0v) is 16.3. The van der Waals surface area contributed by atoms with Gasteiger partial charge in [-0.3, -0.25) is 9.59 Å². The van der Waals surface area contributed by atoms with Gasteiger partial charge in [-0.15, -0.1) is 0 Å². The first-order chi connectivity index (χ1) is 14.2. The van der Waals surface area contributed by atoms with Crippen LogP contribution in [0.2, 0.25) is 0 Å². The maximum Gasteiger partial charge on any atom is 0.224 e. The van der Waals surface area contributed by atoms with E-state index in [0.717, 1.165) is 17.7 Å². The normalized spacial score (nSPS) is 10.4. The highest BCUT2D eigenvalue weighted by Crippen LogP contribution is 2.16. The first-order valence-corrected chi connectivity index (χ1v) is 9.59. The molecule has 3 aromatic rings. The van der Waals surface area contributed by atoms with Gasteiger partial charge in [0.05, 0.1) is 24.7 Å². The molecule has 0 spiro atoms. The fourth-order valence-electron chi connectivity index (χ4n) is 2.68. The molecule has 0 atom stereocenters. The fraction of sp³-hybridized carbons (Fsp3) is 0.217. The van der Waals surface area contributed by atoms with Crippen molar-refractivity contribution in [1.29, 1.82) is 0 Å². The average molecular weight is 389 g/mol. The highest BCUT2D eigenvalue weighted by atomic mass is 16.5. The number of ketones is 1. The Morgan fingerprint density at radius 1 is 0.931 bits per heavy atom. The minimum atomic E-state index is -0.252. The van der Waals surface area contributed by atoms with Crippen molar-refractivity contribution in [2.75, 3.05) is 11.9 Å². The first kappa shape index (κ1) is 20.2. The molecule has 1 heterocycles. The van der Waals surface area contributed by atoms with Crippen LogP contribution in [0, 0.1) is 0 Å². The number of rotatable bonds is 9. The Morgan fingerprint density at radius 3 is 2.28 bits per heavy atom. The lowest BCUT2D eigenvalue weighted by Crippen LogP contribution is -2.14. The van der Waals surface area contributed by atoms with Gasteiger partial charge >= 0.3 is 0 Å². The number of carbonyl (C=O) groups is 2. The second-order valence-electron chi connectivity index (χ2n) is 6.51. The Labute approximate surface area is 170 Å². The van der Waals surface area contributed by atoms with E-state index in [1.165, 1.54) is 0 Å². The Balaban J connectivity index is 1.48. The van der Waals surface area contributed by atoms with Crippen LogP contribution in [0.1, 0.15) is 36.5 Å². The summed E-state index contributed by atoms with van der Waals surface area (Å²) in [6.45, 7) is 2.68. The number of ether oxygens (including phenoxy) is 1. The predicted molar refractivity (Wildman–Crippen MR) is 112 cm³/mol. The van der Waals surface area contributed by atoms with E-state index in [9.17, 15) is 9.59 Å². The highest BCUT2D eigenvalue weighted by molar-refractivity contribution is 6.00. The molecule has 29 heavy (non-hydrogen) atoms. The molecular formula is C23H23N3O3. The molecule has 1 amide bonds. The molecule has 0 radical (unpaired) electrons. The summed E-state index contributed by atoms with van der Waals surface area (Å²) in [4.78, 5) is 33.0.